The molecule has 0 radical (unpaired) electrons. The van der Waals surface area contributed by atoms with E-state index < -0.39 is 0 Å². The van der Waals surface area contributed by atoms with Crippen LogP contribution in [0.3, 0.4) is 0 Å². The predicted octanol–water partition coefficient (Wildman–Crippen LogP) is 2.48. The number of carbonyl (C=O) groups is 2. The van der Waals surface area contributed by atoms with E-state index >= 15 is 0 Å². The number of amides is 2. The molecule has 2 aliphatic heterocycles. The molecule has 1 unspecified atom stereocenters. The second kappa shape index (κ2) is 8.03. The van der Waals surface area contributed by atoms with Crippen molar-refractivity contribution in [3.63, 3.8) is 0 Å². The number of piperidine rings is 1. The third kappa shape index (κ3) is 4.30. The molecular weight excluding hydrogens is 322 g/mol. The minimum atomic E-state index is -0.347. The van der Waals surface area contributed by atoms with E-state index in [1.54, 1.807) is 0 Å². The molecule has 1 aromatic carbocycles. The molecule has 2 aliphatic rings. The zero-order valence-corrected chi connectivity index (χ0v) is 14.9. The van der Waals surface area contributed by atoms with Crippen molar-refractivity contribution in [2.75, 3.05) is 25.0 Å². The molecule has 3 rings (SSSR count). The van der Waals surface area contributed by atoms with Gasteiger partial charge in [0.1, 0.15) is 0 Å². The molecule has 0 spiro atoms. The van der Waals surface area contributed by atoms with Crippen LogP contribution in [0, 0.1) is 0 Å². The maximum Gasteiger partial charge on any atom is 0.238 e. The van der Waals surface area contributed by atoms with Crippen molar-refractivity contribution < 1.29 is 9.59 Å². The van der Waals surface area contributed by atoms with E-state index in [4.69, 9.17) is 0 Å². The summed E-state index contributed by atoms with van der Waals surface area (Å²) in [6.07, 6.45) is 3.41. The fourth-order valence-corrected chi connectivity index (χ4v) is 4.41. The minimum absolute atomic E-state index is 0.0176. The first-order valence-electron chi connectivity index (χ1n) is 8.74. The number of nitrogens with one attached hydrogen (secondary N) is 2. The minimum Gasteiger partial charge on any atom is -0.353 e. The quantitative estimate of drug-likeness (QED) is 0.859. The van der Waals surface area contributed by atoms with Crippen molar-refractivity contribution in [1.29, 1.82) is 0 Å². The van der Waals surface area contributed by atoms with Gasteiger partial charge in [0.25, 0.3) is 0 Å². The van der Waals surface area contributed by atoms with Crippen LogP contribution in [-0.4, -0.2) is 47.6 Å². The van der Waals surface area contributed by atoms with Gasteiger partial charge in [-0.05, 0) is 37.9 Å². The monoisotopic (exact) mass is 347 g/mol. The lowest BCUT2D eigenvalue weighted by molar-refractivity contribution is -0.124. The number of thioether (sulfide) groups is 1. The summed E-state index contributed by atoms with van der Waals surface area (Å²) in [5, 5.41) is 5.66. The topological polar surface area (TPSA) is 61.4 Å². The summed E-state index contributed by atoms with van der Waals surface area (Å²) in [6, 6.07) is 7.96. The van der Waals surface area contributed by atoms with Crippen LogP contribution < -0.4 is 10.6 Å². The molecule has 2 amide bonds. The van der Waals surface area contributed by atoms with Gasteiger partial charge in [-0.3, -0.25) is 9.59 Å². The highest BCUT2D eigenvalue weighted by molar-refractivity contribution is 8.01. The van der Waals surface area contributed by atoms with Crippen molar-refractivity contribution in [2.45, 2.75) is 48.8 Å². The average molecular weight is 347 g/mol. The number of para-hydroxylation sites is 1. The Morgan fingerprint density at radius 3 is 2.83 bits per heavy atom. The maximum atomic E-state index is 12.3. The number of anilines is 1. The first kappa shape index (κ1) is 17.3. The summed E-state index contributed by atoms with van der Waals surface area (Å²) in [6.45, 7) is 5.42. The van der Waals surface area contributed by atoms with Crippen molar-refractivity contribution in [3.05, 3.63) is 24.3 Å². The molecule has 2 heterocycles. The third-order valence-corrected chi connectivity index (χ3v) is 5.85. The van der Waals surface area contributed by atoms with Crippen LogP contribution >= 0.6 is 11.8 Å². The maximum absolute atomic E-state index is 12.3. The molecule has 1 fully saturated rings. The molecule has 1 atom stereocenters. The summed E-state index contributed by atoms with van der Waals surface area (Å²) in [5.41, 5.74) is 0.840. The Balaban J connectivity index is 1.48. The Morgan fingerprint density at radius 1 is 1.33 bits per heavy atom. The number of hydrogen-bond donors (Lipinski definition) is 2. The van der Waals surface area contributed by atoms with E-state index in [2.05, 4.69) is 22.5 Å². The van der Waals surface area contributed by atoms with E-state index in [-0.39, 0.29) is 29.5 Å². The van der Waals surface area contributed by atoms with Gasteiger partial charge in [-0.2, -0.15) is 0 Å². The van der Waals surface area contributed by atoms with Crippen molar-refractivity contribution in [3.8, 4) is 0 Å². The average Bonchev–Trinajstić information content (AvgIpc) is 2.57. The molecule has 5 nitrogen and oxygen atoms in total. The summed E-state index contributed by atoms with van der Waals surface area (Å²) in [5.74, 6) is -0.0948. The highest BCUT2D eigenvalue weighted by atomic mass is 32.2. The van der Waals surface area contributed by atoms with Crippen molar-refractivity contribution in [1.82, 2.24) is 10.2 Å². The summed E-state index contributed by atoms with van der Waals surface area (Å²) < 4.78 is 0. The highest BCUT2D eigenvalue weighted by Gasteiger charge is 2.29. The first-order chi connectivity index (χ1) is 11.7. The van der Waals surface area contributed by atoms with Gasteiger partial charge in [0.05, 0.1) is 10.9 Å². The zero-order valence-electron chi connectivity index (χ0n) is 14.1. The standard InChI is InChI=1S/C18H25N3O2S/c1-2-9-21-10-7-13(8-11-21)19-17(22)12-16-18(23)20-14-5-3-4-6-15(14)24-16/h3-6,13,16H,2,7-12H2,1H3,(H,19,22)(H,20,23). The lowest BCUT2D eigenvalue weighted by atomic mass is 10.0. The van der Waals surface area contributed by atoms with Crippen molar-refractivity contribution in [2.24, 2.45) is 0 Å². The molecule has 0 aromatic heterocycles. The lowest BCUT2D eigenvalue weighted by Crippen LogP contribution is -2.46. The molecule has 24 heavy (non-hydrogen) atoms. The van der Waals surface area contributed by atoms with E-state index in [1.807, 2.05) is 24.3 Å². The smallest absolute Gasteiger partial charge is 0.238 e. The molecule has 0 bridgehead atoms. The Kier molecular flexibility index (Phi) is 5.79. The molecule has 1 saturated heterocycles. The number of fused-ring (bicyclic) bond motifs is 1. The van der Waals surface area contributed by atoms with Crippen LogP contribution in [-0.2, 0) is 9.59 Å². The second-order valence-electron chi connectivity index (χ2n) is 6.48. The Hall–Kier alpha value is -1.53. The SMILES string of the molecule is CCCN1CCC(NC(=O)CC2Sc3ccccc3NC2=O)CC1. The number of rotatable bonds is 5. The van der Waals surface area contributed by atoms with Crippen LogP contribution in [0.4, 0.5) is 5.69 Å². The summed E-state index contributed by atoms with van der Waals surface area (Å²) in [4.78, 5) is 28.0. The van der Waals surface area contributed by atoms with E-state index in [9.17, 15) is 9.59 Å². The van der Waals surface area contributed by atoms with Gasteiger partial charge >= 0.3 is 0 Å². The zero-order chi connectivity index (χ0) is 16.9. The molecule has 1 aromatic rings. The van der Waals surface area contributed by atoms with Crippen LogP contribution in [0.1, 0.15) is 32.6 Å². The summed E-state index contributed by atoms with van der Waals surface area (Å²) >= 11 is 1.48. The van der Waals surface area contributed by atoms with Crippen LogP contribution in [0.5, 0.6) is 0 Å². The van der Waals surface area contributed by atoms with Crippen LogP contribution in [0.2, 0.25) is 0 Å². The second-order valence-corrected chi connectivity index (χ2v) is 7.72. The molecule has 130 valence electrons. The van der Waals surface area contributed by atoms with Gasteiger partial charge in [-0.1, -0.05) is 19.1 Å². The highest BCUT2D eigenvalue weighted by Crippen LogP contribution is 2.36. The Labute approximate surface area is 147 Å². The molecule has 0 saturated carbocycles. The fourth-order valence-electron chi connectivity index (χ4n) is 3.30. The van der Waals surface area contributed by atoms with Crippen LogP contribution in [0.15, 0.2) is 29.2 Å². The lowest BCUT2D eigenvalue weighted by Gasteiger charge is -2.32. The number of likely N-dealkylation sites (tertiary alicyclic amines) is 1. The van der Waals surface area contributed by atoms with Crippen molar-refractivity contribution >= 4 is 29.3 Å². The number of nitrogens with zero attached hydrogens (tertiary/aromatic N) is 1. The fraction of sp³-hybridized carbons (Fsp3) is 0.556. The van der Waals surface area contributed by atoms with Gasteiger partial charge < -0.3 is 15.5 Å². The molecule has 2 N–H and O–H groups in total. The first-order valence-corrected chi connectivity index (χ1v) is 9.62. The van der Waals surface area contributed by atoms with E-state index in [0.717, 1.165) is 43.1 Å². The van der Waals surface area contributed by atoms with Gasteiger partial charge in [0, 0.05) is 30.4 Å². The Morgan fingerprint density at radius 2 is 2.08 bits per heavy atom. The molecular formula is C18H25N3O2S. The molecule has 6 heteroatoms. The Bertz CT molecular complexity index is 600. The van der Waals surface area contributed by atoms with Gasteiger partial charge in [0.2, 0.25) is 11.8 Å². The third-order valence-electron chi connectivity index (χ3n) is 4.57. The van der Waals surface area contributed by atoms with Gasteiger partial charge in [-0.25, -0.2) is 0 Å². The van der Waals surface area contributed by atoms with E-state index in [0.29, 0.717) is 0 Å². The number of hydrogen-bond acceptors (Lipinski definition) is 4. The number of carbonyl (C=O) groups excluding carboxylic acids is 2. The van der Waals surface area contributed by atoms with Gasteiger partial charge in [0.15, 0.2) is 0 Å². The summed E-state index contributed by atoms with van der Waals surface area (Å²) in [7, 11) is 0. The normalized spacial score (nSPS) is 21.9. The largest absolute Gasteiger partial charge is 0.353 e. The van der Waals surface area contributed by atoms with Gasteiger partial charge in [-0.15, -0.1) is 11.8 Å². The van der Waals surface area contributed by atoms with Crippen LogP contribution in [0.25, 0.3) is 0 Å². The predicted molar refractivity (Wildman–Crippen MR) is 97.2 cm³/mol. The number of benzene rings is 1. The van der Waals surface area contributed by atoms with E-state index in [1.165, 1.54) is 18.2 Å². The molecule has 0 aliphatic carbocycles.